The zero-order valence-electron chi connectivity index (χ0n) is 8.96. The monoisotopic (exact) mass is 232 g/mol. The van der Waals surface area contributed by atoms with E-state index in [2.05, 4.69) is 10.6 Å². The average Bonchev–Trinajstić information content (AvgIpc) is 2.11. The maximum atomic E-state index is 11.1. The minimum Gasteiger partial charge on any atom is -0.356 e. The van der Waals surface area contributed by atoms with Gasteiger partial charge in [-0.1, -0.05) is 11.8 Å². The lowest BCUT2D eigenvalue weighted by Crippen LogP contribution is -2.30. The zero-order valence-corrected chi connectivity index (χ0v) is 9.78. The molecule has 2 amide bonds. The summed E-state index contributed by atoms with van der Waals surface area (Å²) in [6.07, 6.45) is 0.268. The molecule has 0 saturated heterocycles. The number of hydrogen-bond acceptors (Lipinski definition) is 4. The lowest BCUT2D eigenvalue weighted by molar-refractivity contribution is -0.121. The van der Waals surface area contributed by atoms with Gasteiger partial charge in [0.05, 0.1) is 0 Å². The molecule has 0 aliphatic heterocycles. The van der Waals surface area contributed by atoms with E-state index in [0.29, 0.717) is 18.8 Å². The van der Waals surface area contributed by atoms with Crippen molar-refractivity contribution >= 4 is 28.7 Å². The number of carbonyl (C=O) groups is 3. The van der Waals surface area contributed by atoms with Gasteiger partial charge in [0.25, 0.3) is 0 Å². The van der Waals surface area contributed by atoms with Crippen LogP contribution < -0.4 is 10.6 Å². The Balaban J connectivity index is 3.33. The molecule has 0 aromatic heterocycles. The molecule has 0 rings (SSSR count). The molecule has 86 valence electrons. The number of rotatable bonds is 6. The predicted octanol–water partition coefficient (Wildman–Crippen LogP) is -0.0915. The van der Waals surface area contributed by atoms with Crippen LogP contribution in [0.2, 0.25) is 0 Å². The largest absolute Gasteiger partial charge is 0.356 e. The molecule has 0 aliphatic carbocycles. The van der Waals surface area contributed by atoms with Gasteiger partial charge in [0.2, 0.25) is 11.8 Å². The second-order valence-corrected chi connectivity index (χ2v) is 4.19. The molecule has 2 N–H and O–H groups in total. The highest BCUT2D eigenvalue weighted by Gasteiger charge is 2.01. The van der Waals surface area contributed by atoms with E-state index in [0.717, 1.165) is 0 Å². The molecule has 0 bridgehead atoms. The van der Waals surface area contributed by atoms with E-state index in [1.54, 1.807) is 0 Å². The summed E-state index contributed by atoms with van der Waals surface area (Å²) in [7, 11) is 0. The third kappa shape index (κ3) is 10.9. The van der Waals surface area contributed by atoms with Crippen LogP contribution in [0.1, 0.15) is 20.3 Å². The first-order valence-electron chi connectivity index (χ1n) is 4.67. The van der Waals surface area contributed by atoms with Crippen molar-refractivity contribution in [1.82, 2.24) is 10.6 Å². The van der Waals surface area contributed by atoms with Crippen LogP contribution in [0.5, 0.6) is 0 Å². The summed E-state index contributed by atoms with van der Waals surface area (Å²) in [4.78, 5) is 32.1. The molecule has 6 heteroatoms. The third-order valence-electron chi connectivity index (χ3n) is 1.46. The van der Waals surface area contributed by atoms with Crippen molar-refractivity contribution in [2.75, 3.05) is 18.8 Å². The summed E-state index contributed by atoms with van der Waals surface area (Å²) >= 11 is 1.18. The highest BCUT2D eigenvalue weighted by molar-refractivity contribution is 8.13. The van der Waals surface area contributed by atoms with Crippen LogP contribution in [0.3, 0.4) is 0 Å². The molecule has 0 fully saturated rings. The number of carbonyl (C=O) groups excluding carboxylic acids is 3. The van der Waals surface area contributed by atoms with Crippen LogP contribution >= 0.6 is 11.8 Å². The summed E-state index contributed by atoms with van der Waals surface area (Å²) in [5.74, 6) is 0.323. The normalized spacial score (nSPS) is 9.47. The summed E-state index contributed by atoms with van der Waals surface area (Å²) in [6.45, 7) is 3.72. The molecule has 0 spiro atoms. The van der Waals surface area contributed by atoms with Gasteiger partial charge in [-0.3, -0.25) is 14.4 Å². The topological polar surface area (TPSA) is 75.3 Å². The maximum absolute atomic E-state index is 11.1. The van der Waals surface area contributed by atoms with Gasteiger partial charge in [-0.15, -0.1) is 0 Å². The van der Waals surface area contributed by atoms with E-state index in [1.807, 2.05) is 0 Å². The summed E-state index contributed by atoms with van der Waals surface area (Å²) < 4.78 is 0. The van der Waals surface area contributed by atoms with Crippen molar-refractivity contribution in [1.29, 1.82) is 0 Å². The second-order valence-electron chi connectivity index (χ2n) is 2.92. The van der Waals surface area contributed by atoms with Gasteiger partial charge in [0, 0.05) is 39.1 Å². The minimum absolute atomic E-state index is 0.0440. The Labute approximate surface area is 93.4 Å². The quantitative estimate of drug-likeness (QED) is 0.628. The van der Waals surface area contributed by atoms with Gasteiger partial charge >= 0.3 is 0 Å². The number of amides is 2. The number of thioether (sulfide) groups is 1. The lowest BCUT2D eigenvalue weighted by atomic mass is 10.4. The fraction of sp³-hybridized carbons (Fsp3) is 0.667. The van der Waals surface area contributed by atoms with Crippen molar-refractivity contribution in [2.45, 2.75) is 20.3 Å². The highest BCUT2D eigenvalue weighted by atomic mass is 32.2. The van der Waals surface area contributed by atoms with Crippen LogP contribution in [0.25, 0.3) is 0 Å². The molecule has 0 aliphatic rings. The fourth-order valence-electron chi connectivity index (χ4n) is 0.826. The van der Waals surface area contributed by atoms with Gasteiger partial charge in [-0.25, -0.2) is 0 Å². The second kappa shape index (κ2) is 8.28. The number of hydrogen-bond donors (Lipinski definition) is 2. The Bertz CT molecular complexity index is 244. The third-order valence-corrected chi connectivity index (χ3v) is 2.27. The first-order valence-corrected chi connectivity index (χ1v) is 5.65. The van der Waals surface area contributed by atoms with Crippen molar-refractivity contribution < 1.29 is 14.4 Å². The van der Waals surface area contributed by atoms with Crippen molar-refractivity contribution in [3.8, 4) is 0 Å². The molecule has 0 radical (unpaired) electrons. The van der Waals surface area contributed by atoms with E-state index in [9.17, 15) is 14.4 Å². The summed E-state index contributed by atoms with van der Waals surface area (Å²) in [6, 6.07) is 0. The van der Waals surface area contributed by atoms with E-state index in [-0.39, 0.29) is 23.4 Å². The van der Waals surface area contributed by atoms with E-state index < -0.39 is 0 Å². The molecule has 15 heavy (non-hydrogen) atoms. The molecule has 0 saturated carbocycles. The van der Waals surface area contributed by atoms with Gasteiger partial charge in [0.1, 0.15) is 0 Å². The first kappa shape index (κ1) is 14.0. The van der Waals surface area contributed by atoms with Crippen molar-refractivity contribution in [3.63, 3.8) is 0 Å². The van der Waals surface area contributed by atoms with Gasteiger partial charge in [-0.05, 0) is 0 Å². The first-order chi connectivity index (χ1) is 7.02. The molecular weight excluding hydrogens is 216 g/mol. The van der Waals surface area contributed by atoms with E-state index >= 15 is 0 Å². The Kier molecular flexibility index (Phi) is 7.71. The van der Waals surface area contributed by atoms with Crippen LogP contribution in [-0.2, 0) is 14.4 Å². The molecule has 0 atom stereocenters. The van der Waals surface area contributed by atoms with Crippen molar-refractivity contribution in [3.05, 3.63) is 0 Å². The van der Waals surface area contributed by atoms with Gasteiger partial charge in [-0.2, -0.15) is 0 Å². The standard InChI is InChI=1S/C9H16N2O3S/c1-7(12)10-4-3-9(14)11-5-6-15-8(2)13/h3-6H2,1-2H3,(H,10,12)(H,11,14). The van der Waals surface area contributed by atoms with Crippen LogP contribution in [0, 0.1) is 0 Å². The molecular formula is C9H16N2O3S. The average molecular weight is 232 g/mol. The zero-order chi connectivity index (χ0) is 11.7. The molecule has 0 aromatic rings. The SMILES string of the molecule is CC(=O)NCCC(=O)NCCSC(C)=O. The highest BCUT2D eigenvalue weighted by Crippen LogP contribution is 1.98. The van der Waals surface area contributed by atoms with Crippen molar-refractivity contribution in [2.24, 2.45) is 0 Å². The van der Waals surface area contributed by atoms with E-state index in [4.69, 9.17) is 0 Å². The molecule has 5 nitrogen and oxygen atoms in total. The Morgan fingerprint density at radius 2 is 1.73 bits per heavy atom. The molecule has 0 aromatic carbocycles. The Hall–Kier alpha value is -1.04. The van der Waals surface area contributed by atoms with Gasteiger partial charge < -0.3 is 10.6 Å². The van der Waals surface area contributed by atoms with Crippen LogP contribution in [-0.4, -0.2) is 35.8 Å². The Morgan fingerprint density at radius 1 is 1.07 bits per heavy atom. The molecule has 0 unspecified atom stereocenters. The molecule has 0 heterocycles. The van der Waals surface area contributed by atoms with Crippen LogP contribution in [0.15, 0.2) is 0 Å². The van der Waals surface area contributed by atoms with E-state index in [1.165, 1.54) is 25.6 Å². The smallest absolute Gasteiger partial charge is 0.221 e. The fourth-order valence-corrected chi connectivity index (χ4v) is 1.32. The summed E-state index contributed by atoms with van der Waals surface area (Å²) in [5, 5.41) is 5.22. The van der Waals surface area contributed by atoms with Gasteiger partial charge in [0.15, 0.2) is 5.12 Å². The maximum Gasteiger partial charge on any atom is 0.221 e. The van der Waals surface area contributed by atoms with Crippen LogP contribution in [0.4, 0.5) is 0 Å². The minimum atomic E-state index is -0.144. The lowest BCUT2D eigenvalue weighted by Gasteiger charge is -2.04. The predicted molar refractivity (Wildman–Crippen MR) is 59.4 cm³/mol. The summed E-state index contributed by atoms with van der Waals surface area (Å²) in [5.41, 5.74) is 0. The number of nitrogens with one attached hydrogen (secondary N) is 2. The Morgan fingerprint density at radius 3 is 2.27 bits per heavy atom.